The van der Waals surface area contributed by atoms with Gasteiger partial charge in [0, 0.05) is 50.9 Å². The lowest BCUT2D eigenvalue weighted by Crippen LogP contribution is -2.49. The largest absolute Gasteiger partial charge is 0.493 e. The van der Waals surface area contributed by atoms with Crippen molar-refractivity contribution in [3.05, 3.63) is 77.2 Å². The highest BCUT2D eigenvalue weighted by molar-refractivity contribution is 5.94. The van der Waals surface area contributed by atoms with Gasteiger partial charge in [0.25, 0.3) is 5.91 Å². The van der Waals surface area contributed by atoms with Crippen molar-refractivity contribution >= 4 is 22.9 Å². The predicted molar refractivity (Wildman–Crippen MR) is 177 cm³/mol. The Balaban J connectivity index is 1.07. The number of hydrogen-bond donors (Lipinski definition) is 1. The third-order valence-corrected chi connectivity index (χ3v) is 11.0. The minimum Gasteiger partial charge on any atom is -0.493 e. The van der Waals surface area contributed by atoms with Crippen LogP contribution in [0.25, 0.3) is 11.0 Å². The van der Waals surface area contributed by atoms with Gasteiger partial charge in [0.2, 0.25) is 11.8 Å². The van der Waals surface area contributed by atoms with Crippen LogP contribution in [0.4, 0.5) is 5.95 Å². The third-order valence-electron chi connectivity index (χ3n) is 11.0. The molecule has 3 aliphatic rings. The maximum absolute atomic E-state index is 13.7. The first-order valence-electron chi connectivity index (χ1n) is 16.5. The second-order valence-electron chi connectivity index (χ2n) is 13.7. The molecule has 0 spiro atoms. The molecule has 7 rings (SSSR count). The van der Waals surface area contributed by atoms with Crippen molar-refractivity contribution < 1.29 is 9.90 Å². The van der Waals surface area contributed by atoms with Gasteiger partial charge in [0.15, 0.2) is 0 Å². The summed E-state index contributed by atoms with van der Waals surface area (Å²) in [6.45, 7) is 6.28. The Kier molecular flexibility index (Phi) is 7.76. The van der Waals surface area contributed by atoms with Crippen LogP contribution in [0.1, 0.15) is 78.4 Å². The molecule has 5 heterocycles. The number of anilines is 1. The Morgan fingerprint density at radius 3 is 2.27 bits per heavy atom. The van der Waals surface area contributed by atoms with Gasteiger partial charge in [0.1, 0.15) is 11.5 Å². The fraction of sp³-hybridized carbons (Fsp3) is 0.500. The van der Waals surface area contributed by atoms with Crippen LogP contribution < -0.4 is 4.90 Å². The van der Waals surface area contributed by atoms with Crippen molar-refractivity contribution in [3.63, 3.8) is 0 Å². The SMILES string of the molecule is Cc1c(O)nc(N(C)C)nc1C(=O)N1CCC(CCN2[C@@H]3CC[C@H]2C[C@@H](n2c(C)nc4ccccc42)C3)(c2ccccc2)CC1. The summed E-state index contributed by atoms with van der Waals surface area (Å²) in [5.74, 6) is 1.20. The normalized spacial score (nSPS) is 23.0. The Hall–Kier alpha value is -3.98. The van der Waals surface area contributed by atoms with Gasteiger partial charge in [-0.1, -0.05) is 42.5 Å². The van der Waals surface area contributed by atoms with Gasteiger partial charge >= 0.3 is 0 Å². The molecular formula is C36H45N7O2. The van der Waals surface area contributed by atoms with Crippen LogP contribution in [0.2, 0.25) is 0 Å². The second kappa shape index (κ2) is 11.7. The predicted octanol–water partition coefficient (Wildman–Crippen LogP) is 5.65. The summed E-state index contributed by atoms with van der Waals surface area (Å²) in [6.07, 6.45) is 7.80. The topological polar surface area (TPSA) is 90.6 Å². The number of hydrogen-bond acceptors (Lipinski definition) is 7. The highest BCUT2D eigenvalue weighted by Crippen LogP contribution is 2.45. The molecule has 45 heavy (non-hydrogen) atoms. The molecule has 3 aliphatic heterocycles. The lowest BCUT2D eigenvalue weighted by Gasteiger charge is -2.45. The zero-order valence-corrected chi connectivity index (χ0v) is 27.0. The van der Waals surface area contributed by atoms with E-state index in [2.05, 4.69) is 81.0 Å². The minimum absolute atomic E-state index is 0.0170. The maximum atomic E-state index is 13.7. The number of imidazole rings is 1. The number of aryl methyl sites for hydroxylation is 1. The van der Waals surface area contributed by atoms with Crippen molar-refractivity contribution in [1.82, 2.24) is 29.3 Å². The van der Waals surface area contributed by atoms with Gasteiger partial charge in [-0.3, -0.25) is 9.69 Å². The van der Waals surface area contributed by atoms with Gasteiger partial charge in [-0.05, 0) is 88.4 Å². The average Bonchev–Trinajstić information content (AvgIpc) is 3.51. The minimum atomic E-state index is -0.137. The molecule has 1 N–H and O–H groups in total. The molecule has 0 radical (unpaired) electrons. The first-order chi connectivity index (χ1) is 21.7. The van der Waals surface area contributed by atoms with E-state index in [9.17, 15) is 9.90 Å². The number of carbonyl (C=O) groups is 1. The van der Waals surface area contributed by atoms with E-state index in [0.717, 1.165) is 37.1 Å². The van der Waals surface area contributed by atoms with Gasteiger partial charge < -0.3 is 19.5 Å². The zero-order valence-electron chi connectivity index (χ0n) is 27.0. The molecule has 2 aromatic heterocycles. The molecule has 4 aromatic rings. The number of para-hydroxylation sites is 2. The van der Waals surface area contributed by atoms with E-state index in [0.29, 0.717) is 48.4 Å². The van der Waals surface area contributed by atoms with E-state index < -0.39 is 0 Å². The van der Waals surface area contributed by atoms with E-state index >= 15 is 0 Å². The van der Waals surface area contributed by atoms with Crippen LogP contribution in [0.15, 0.2) is 54.6 Å². The Labute approximate surface area is 265 Å². The van der Waals surface area contributed by atoms with E-state index in [1.165, 1.54) is 36.8 Å². The van der Waals surface area contributed by atoms with Crippen molar-refractivity contribution in [1.29, 1.82) is 0 Å². The monoisotopic (exact) mass is 607 g/mol. The summed E-state index contributed by atoms with van der Waals surface area (Å²) in [7, 11) is 3.62. The maximum Gasteiger partial charge on any atom is 0.273 e. The smallest absolute Gasteiger partial charge is 0.273 e. The van der Waals surface area contributed by atoms with Gasteiger partial charge in [-0.15, -0.1) is 0 Å². The molecule has 2 bridgehead atoms. The number of aromatic hydroxyl groups is 1. The van der Waals surface area contributed by atoms with Crippen LogP contribution in [-0.2, 0) is 5.41 Å². The Bertz CT molecular complexity index is 1680. The molecule has 2 aromatic carbocycles. The molecular weight excluding hydrogens is 562 g/mol. The highest BCUT2D eigenvalue weighted by Gasteiger charge is 2.44. The van der Waals surface area contributed by atoms with Crippen LogP contribution in [0.3, 0.4) is 0 Å². The molecule has 3 saturated heterocycles. The van der Waals surface area contributed by atoms with Crippen molar-refractivity contribution in [2.75, 3.05) is 38.6 Å². The molecule has 0 unspecified atom stereocenters. The number of likely N-dealkylation sites (tertiary alicyclic amines) is 1. The van der Waals surface area contributed by atoms with Crippen LogP contribution in [0.5, 0.6) is 5.88 Å². The molecule has 3 atom stereocenters. The quantitative estimate of drug-likeness (QED) is 0.291. The van der Waals surface area contributed by atoms with Crippen LogP contribution in [0, 0.1) is 13.8 Å². The number of benzene rings is 2. The summed E-state index contributed by atoms with van der Waals surface area (Å²) >= 11 is 0. The first-order valence-corrected chi connectivity index (χ1v) is 16.5. The molecule has 0 saturated carbocycles. The number of piperidine rings is 2. The average molecular weight is 608 g/mol. The highest BCUT2D eigenvalue weighted by atomic mass is 16.3. The Morgan fingerprint density at radius 1 is 0.911 bits per heavy atom. The van der Waals surface area contributed by atoms with E-state index in [1.54, 1.807) is 11.8 Å². The molecule has 3 fully saturated rings. The van der Waals surface area contributed by atoms with Crippen LogP contribution in [-0.4, -0.2) is 86.1 Å². The number of rotatable bonds is 7. The zero-order chi connectivity index (χ0) is 31.3. The van der Waals surface area contributed by atoms with E-state index in [4.69, 9.17) is 4.98 Å². The lowest BCUT2D eigenvalue weighted by molar-refractivity contribution is 0.0600. The van der Waals surface area contributed by atoms with Gasteiger partial charge in [-0.25, -0.2) is 9.97 Å². The van der Waals surface area contributed by atoms with Crippen molar-refractivity contribution in [2.45, 2.75) is 82.3 Å². The molecule has 9 nitrogen and oxygen atoms in total. The summed E-state index contributed by atoms with van der Waals surface area (Å²) < 4.78 is 2.51. The van der Waals surface area contributed by atoms with Gasteiger partial charge in [0.05, 0.1) is 11.0 Å². The van der Waals surface area contributed by atoms with E-state index in [1.807, 2.05) is 19.0 Å². The number of nitrogens with zero attached hydrogens (tertiary/aromatic N) is 7. The fourth-order valence-electron chi connectivity index (χ4n) is 8.45. The second-order valence-corrected chi connectivity index (χ2v) is 13.7. The summed E-state index contributed by atoms with van der Waals surface area (Å²) in [4.78, 5) is 33.7. The first kappa shape index (κ1) is 29.7. The molecule has 1 amide bonds. The summed E-state index contributed by atoms with van der Waals surface area (Å²) in [5, 5.41) is 10.4. The van der Waals surface area contributed by atoms with Crippen molar-refractivity contribution in [2.24, 2.45) is 0 Å². The van der Waals surface area contributed by atoms with Gasteiger partial charge in [-0.2, -0.15) is 4.98 Å². The number of amides is 1. The molecule has 0 aliphatic carbocycles. The van der Waals surface area contributed by atoms with E-state index in [-0.39, 0.29) is 17.2 Å². The van der Waals surface area contributed by atoms with Crippen LogP contribution >= 0.6 is 0 Å². The van der Waals surface area contributed by atoms with Crippen molar-refractivity contribution in [3.8, 4) is 5.88 Å². The summed E-state index contributed by atoms with van der Waals surface area (Å²) in [6, 6.07) is 21.2. The third kappa shape index (κ3) is 5.35. The lowest BCUT2D eigenvalue weighted by atomic mass is 9.70. The molecule has 236 valence electrons. The standard InChI is InChI=1S/C36H45N7O2/c1-24-32(38-35(40(3)4)39-33(24)44)34(45)41-19-16-36(17-20-41,26-10-6-5-7-11-26)18-21-42-27-14-15-28(42)23-29(22-27)43-25(2)37-30-12-8-9-13-31(30)43/h5-13,27-29H,14-23H2,1-4H3,(H,38,39,44)/t27-,28+,29+. The number of carbonyl (C=O) groups excluding carboxylic acids is 1. The molecule has 9 heteroatoms. The fourth-order valence-corrected chi connectivity index (χ4v) is 8.45. The summed E-state index contributed by atoms with van der Waals surface area (Å²) in [5.41, 5.74) is 4.49. The number of fused-ring (bicyclic) bond motifs is 3. The number of aromatic nitrogens is 4. The Morgan fingerprint density at radius 2 is 1.58 bits per heavy atom.